The molecular formula is C16H17NO2. The van der Waals surface area contributed by atoms with Gasteiger partial charge in [0, 0.05) is 12.1 Å². The summed E-state index contributed by atoms with van der Waals surface area (Å²) in [5, 5.41) is 2.68. The molecule has 1 N–H and O–H groups in total. The number of para-hydroxylation sites is 1. The summed E-state index contributed by atoms with van der Waals surface area (Å²) >= 11 is 0. The van der Waals surface area contributed by atoms with E-state index in [2.05, 4.69) is 17.4 Å². The van der Waals surface area contributed by atoms with Crippen LogP contribution in [-0.2, 0) is 11.2 Å². The molecule has 0 heterocycles. The molecule has 0 radical (unpaired) electrons. The Morgan fingerprint density at radius 2 is 1.74 bits per heavy atom. The zero-order valence-electron chi connectivity index (χ0n) is 10.9. The Morgan fingerprint density at radius 3 is 2.42 bits per heavy atom. The first-order valence-electron chi connectivity index (χ1n) is 6.28. The fraction of sp³-hybridized carbons (Fsp3) is 0.188. The highest BCUT2D eigenvalue weighted by molar-refractivity contribution is 5.84. The van der Waals surface area contributed by atoms with Crippen molar-refractivity contribution in [1.82, 2.24) is 0 Å². The summed E-state index contributed by atoms with van der Waals surface area (Å²) < 4.78 is 5.13. The molecule has 0 aliphatic heterocycles. The standard InChI is InChI=1S/C16H17NO2/c1-13-7-9-14(10-8-13)11-12-19-16(18)17-15-5-3-2-4-6-15/h2-10H,11-12H2,1H3,(H,17,18). The number of carbonyl (C=O) groups excluding carboxylic acids is 1. The molecule has 0 atom stereocenters. The third kappa shape index (κ3) is 4.47. The maximum atomic E-state index is 11.5. The Balaban J connectivity index is 1.74. The molecule has 1 amide bonds. The molecule has 0 spiro atoms. The lowest BCUT2D eigenvalue weighted by Crippen LogP contribution is -2.15. The monoisotopic (exact) mass is 255 g/mol. The van der Waals surface area contributed by atoms with E-state index in [-0.39, 0.29) is 0 Å². The molecule has 2 aromatic rings. The van der Waals surface area contributed by atoms with Crippen LogP contribution < -0.4 is 5.32 Å². The summed E-state index contributed by atoms with van der Waals surface area (Å²) in [5.74, 6) is 0. The van der Waals surface area contributed by atoms with Gasteiger partial charge in [-0.3, -0.25) is 5.32 Å². The van der Waals surface area contributed by atoms with Crippen molar-refractivity contribution in [2.75, 3.05) is 11.9 Å². The van der Waals surface area contributed by atoms with Crippen LogP contribution in [0.25, 0.3) is 0 Å². The first kappa shape index (κ1) is 13.1. The first-order valence-corrected chi connectivity index (χ1v) is 6.28. The molecule has 0 unspecified atom stereocenters. The highest BCUT2D eigenvalue weighted by Crippen LogP contribution is 2.06. The summed E-state index contributed by atoms with van der Waals surface area (Å²) in [6, 6.07) is 17.5. The summed E-state index contributed by atoms with van der Waals surface area (Å²) in [7, 11) is 0. The minimum atomic E-state index is -0.418. The van der Waals surface area contributed by atoms with E-state index < -0.39 is 6.09 Å². The van der Waals surface area contributed by atoms with Gasteiger partial charge in [0.25, 0.3) is 0 Å². The number of hydrogen-bond acceptors (Lipinski definition) is 2. The van der Waals surface area contributed by atoms with Gasteiger partial charge in [-0.15, -0.1) is 0 Å². The van der Waals surface area contributed by atoms with Crippen LogP contribution in [0.3, 0.4) is 0 Å². The second-order valence-electron chi connectivity index (χ2n) is 4.36. The Labute approximate surface area is 113 Å². The van der Waals surface area contributed by atoms with Crippen LogP contribution in [0.5, 0.6) is 0 Å². The van der Waals surface area contributed by atoms with Crippen molar-refractivity contribution in [1.29, 1.82) is 0 Å². The largest absolute Gasteiger partial charge is 0.449 e. The highest BCUT2D eigenvalue weighted by Gasteiger charge is 2.02. The highest BCUT2D eigenvalue weighted by atomic mass is 16.5. The van der Waals surface area contributed by atoms with Crippen molar-refractivity contribution < 1.29 is 9.53 Å². The van der Waals surface area contributed by atoms with Gasteiger partial charge in [0.05, 0.1) is 6.61 Å². The van der Waals surface area contributed by atoms with Gasteiger partial charge in [-0.25, -0.2) is 4.79 Å². The molecule has 0 saturated carbocycles. The number of amides is 1. The van der Waals surface area contributed by atoms with Crippen LogP contribution in [0, 0.1) is 6.92 Å². The van der Waals surface area contributed by atoms with Gasteiger partial charge in [0.2, 0.25) is 0 Å². The number of rotatable bonds is 4. The Bertz CT molecular complexity index is 520. The lowest BCUT2D eigenvalue weighted by molar-refractivity contribution is 0.163. The molecule has 0 bridgehead atoms. The number of carbonyl (C=O) groups is 1. The van der Waals surface area contributed by atoms with Gasteiger partial charge in [-0.2, -0.15) is 0 Å². The predicted octanol–water partition coefficient (Wildman–Crippen LogP) is 3.79. The van der Waals surface area contributed by atoms with Crippen LogP contribution in [0.15, 0.2) is 54.6 Å². The number of nitrogens with one attached hydrogen (secondary N) is 1. The Hall–Kier alpha value is -2.29. The SMILES string of the molecule is Cc1ccc(CCOC(=O)Nc2ccccc2)cc1. The second kappa shape index (κ2) is 6.59. The smallest absolute Gasteiger partial charge is 0.411 e. The molecule has 0 saturated heterocycles. The van der Waals surface area contributed by atoms with Crippen molar-refractivity contribution in [2.45, 2.75) is 13.3 Å². The molecule has 19 heavy (non-hydrogen) atoms. The number of benzene rings is 2. The third-order valence-corrected chi connectivity index (χ3v) is 2.76. The molecule has 3 heteroatoms. The molecule has 98 valence electrons. The van der Waals surface area contributed by atoms with Crippen LogP contribution in [-0.4, -0.2) is 12.7 Å². The van der Waals surface area contributed by atoms with Crippen molar-refractivity contribution in [3.05, 3.63) is 65.7 Å². The van der Waals surface area contributed by atoms with Crippen LogP contribution in [0.2, 0.25) is 0 Å². The van der Waals surface area contributed by atoms with Gasteiger partial charge in [0.15, 0.2) is 0 Å². The van der Waals surface area contributed by atoms with E-state index in [9.17, 15) is 4.79 Å². The molecule has 0 fully saturated rings. The molecule has 2 aromatic carbocycles. The number of aryl methyl sites for hydroxylation is 1. The zero-order chi connectivity index (χ0) is 13.5. The number of hydrogen-bond donors (Lipinski definition) is 1. The van der Waals surface area contributed by atoms with Gasteiger partial charge in [0.1, 0.15) is 0 Å². The van der Waals surface area contributed by atoms with E-state index in [0.29, 0.717) is 6.61 Å². The molecule has 0 aliphatic rings. The minimum Gasteiger partial charge on any atom is -0.449 e. The van der Waals surface area contributed by atoms with Gasteiger partial charge < -0.3 is 4.74 Å². The minimum absolute atomic E-state index is 0.377. The number of ether oxygens (including phenoxy) is 1. The number of anilines is 1. The summed E-state index contributed by atoms with van der Waals surface area (Å²) in [4.78, 5) is 11.5. The maximum absolute atomic E-state index is 11.5. The Morgan fingerprint density at radius 1 is 1.05 bits per heavy atom. The van der Waals surface area contributed by atoms with Gasteiger partial charge in [-0.1, -0.05) is 48.0 Å². The van der Waals surface area contributed by atoms with Crippen molar-refractivity contribution >= 4 is 11.8 Å². The zero-order valence-corrected chi connectivity index (χ0v) is 10.9. The Kier molecular flexibility index (Phi) is 4.56. The van der Waals surface area contributed by atoms with E-state index in [0.717, 1.165) is 17.7 Å². The first-order chi connectivity index (χ1) is 9.24. The topological polar surface area (TPSA) is 38.3 Å². The second-order valence-corrected chi connectivity index (χ2v) is 4.36. The maximum Gasteiger partial charge on any atom is 0.411 e. The predicted molar refractivity (Wildman–Crippen MR) is 76.3 cm³/mol. The molecule has 0 aliphatic carbocycles. The quantitative estimate of drug-likeness (QED) is 0.902. The molecule has 0 aromatic heterocycles. The lowest BCUT2D eigenvalue weighted by Gasteiger charge is -2.07. The fourth-order valence-electron chi connectivity index (χ4n) is 1.69. The van der Waals surface area contributed by atoms with E-state index in [1.54, 1.807) is 0 Å². The van der Waals surface area contributed by atoms with Crippen LogP contribution in [0.4, 0.5) is 10.5 Å². The summed E-state index contributed by atoms with van der Waals surface area (Å²) in [5.41, 5.74) is 3.13. The average Bonchev–Trinajstić information content (AvgIpc) is 2.42. The van der Waals surface area contributed by atoms with Crippen LogP contribution >= 0.6 is 0 Å². The van der Waals surface area contributed by atoms with Gasteiger partial charge in [-0.05, 0) is 24.6 Å². The average molecular weight is 255 g/mol. The van der Waals surface area contributed by atoms with E-state index in [1.165, 1.54) is 5.56 Å². The third-order valence-electron chi connectivity index (χ3n) is 2.76. The summed E-state index contributed by atoms with van der Waals surface area (Å²) in [6.45, 7) is 2.43. The lowest BCUT2D eigenvalue weighted by atomic mass is 10.1. The van der Waals surface area contributed by atoms with E-state index >= 15 is 0 Å². The molecule has 2 rings (SSSR count). The summed E-state index contributed by atoms with van der Waals surface area (Å²) in [6.07, 6.45) is 0.306. The van der Waals surface area contributed by atoms with Crippen LogP contribution in [0.1, 0.15) is 11.1 Å². The van der Waals surface area contributed by atoms with Crippen molar-refractivity contribution in [3.8, 4) is 0 Å². The molecule has 3 nitrogen and oxygen atoms in total. The fourth-order valence-corrected chi connectivity index (χ4v) is 1.69. The van der Waals surface area contributed by atoms with Gasteiger partial charge >= 0.3 is 6.09 Å². The van der Waals surface area contributed by atoms with E-state index in [1.807, 2.05) is 49.4 Å². The normalized spacial score (nSPS) is 9.95. The van der Waals surface area contributed by atoms with Crippen molar-refractivity contribution in [3.63, 3.8) is 0 Å². The molecular weight excluding hydrogens is 238 g/mol. The van der Waals surface area contributed by atoms with Crippen molar-refractivity contribution in [2.24, 2.45) is 0 Å². The van der Waals surface area contributed by atoms with E-state index in [4.69, 9.17) is 4.74 Å².